The number of rotatable bonds is 5. The predicted octanol–water partition coefficient (Wildman–Crippen LogP) is 1.87. The second kappa shape index (κ2) is 7.86. The first-order valence-electron chi connectivity index (χ1n) is 9.88. The molecule has 2 N–H and O–H groups in total. The lowest BCUT2D eigenvalue weighted by atomic mass is 9.95. The summed E-state index contributed by atoms with van der Waals surface area (Å²) >= 11 is 0. The van der Waals surface area contributed by atoms with E-state index in [0.717, 1.165) is 74.9 Å². The molecular formula is C20H29N5O2. The quantitative estimate of drug-likeness (QED) is 0.839. The van der Waals surface area contributed by atoms with Crippen molar-refractivity contribution in [2.24, 2.45) is 5.92 Å². The molecule has 2 aromatic rings. The van der Waals surface area contributed by atoms with E-state index in [1.807, 2.05) is 24.9 Å². The number of aromatic nitrogens is 2. The highest BCUT2D eigenvalue weighted by atomic mass is 16.3. The van der Waals surface area contributed by atoms with Gasteiger partial charge in [0.2, 0.25) is 5.91 Å². The first-order valence-corrected chi connectivity index (χ1v) is 9.88. The van der Waals surface area contributed by atoms with Crippen molar-refractivity contribution in [1.29, 1.82) is 0 Å². The fraction of sp³-hybridized carbons (Fsp3) is 0.600. The Balaban J connectivity index is 1.27. The maximum atomic E-state index is 12.9. The van der Waals surface area contributed by atoms with Gasteiger partial charge in [0.1, 0.15) is 17.6 Å². The Morgan fingerprint density at radius 3 is 2.93 bits per heavy atom. The fourth-order valence-electron chi connectivity index (χ4n) is 4.24. The molecule has 1 unspecified atom stereocenters. The summed E-state index contributed by atoms with van der Waals surface area (Å²) in [5, 5.41) is 3.32. The molecule has 7 nitrogen and oxygen atoms in total. The van der Waals surface area contributed by atoms with Crippen molar-refractivity contribution >= 4 is 5.91 Å². The van der Waals surface area contributed by atoms with Crippen molar-refractivity contribution < 1.29 is 9.21 Å². The van der Waals surface area contributed by atoms with Crippen LogP contribution in [0.3, 0.4) is 0 Å². The van der Waals surface area contributed by atoms with Crippen LogP contribution in [-0.4, -0.2) is 58.9 Å². The Labute approximate surface area is 160 Å². The van der Waals surface area contributed by atoms with Crippen LogP contribution in [0.15, 0.2) is 22.9 Å². The monoisotopic (exact) mass is 371 g/mol. The number of likely N-dealkylation sites (N-methyl/N-ethyl adjacent to an activating group) is 1. The largest absolute Gasteiger partial charge is 0.465 e. The molecule has 0 bridgehead atoms. The van der Waals surface area contributed by atoms with Gasteiger partial charge in [-0.15, -0.1) is 0 Å². The second-order valence-electron chi connectivity index (χ2n) is 7.85. The third-order valence-electron chi connectivity index (χ3n) is 5.79. The molecule has 4 heterocycles. The number of amides is 1. The normalized spacial score (nSPS) is 21.2. The smallest absolute Gasteiger partial charge is 0.245 e. The summed E-state index contributed by atoms with van der Waals surface area (Å²) in [7, 11) is 1.92. The number of nitrogens with zero attached hydrogens (tertiary/aromatic N) is 3. The molecule has 146 valence electrons. The topological polar surface area (TPSA) is 77.4 Å². The van der Waals surface area contributed by atoms with Crippen molar-refractivity contribution in [3.8, 4) is 0 Å². The molecule has 27 heavy (non-hydrogen) atoms. The minimum atomic E-state index is -0.313. The number of H-pyrrole nitrogens is 1. The van der Waals surface area contributed by atoms with Gasteiger partial charge in [-0.25, -0.2) is 4.98 Å². The molecule has 2 aliphatic heterocycles. The van der Waals surface area contributed by atoms with E-state index >= 15 is 0 Å². The number of likely N-dealkylation sites (tertiary alicyclic amines) is 1. The highest BCUT2D eigenvalue weighted by Gasteiger charge is 2.31. The molecule has 2 aliphatic rings. The summed E-state index contributed by atoms with van der Waals surface area (Å²) in [6.45, 7) is 6.59. The van der Waals surface area contributed by atoms with Gasteiger partial charge in [0.25, 0.3) is 0 Å². The van der Waals surface area contributed by atoms with Gasteiger partial charge in [-0.3, -0.25) is 9.69 Å². The molecule has 1 saturated heterocycles. The first-order chi connectivity index (χ1) is 13.1. The lowest BCUT2D eigenvalue weighted by molar-refractivity contribution is -0.133. The Morgan fingerprint density at radius 1 is 1.37 bits per heavy atom. The van der Waals surface area contributed by atoms with Gasteiger partial charge in [0.15, 0.2) is 0 Å². The van der Waals surface area contributed by atoms with Gasteiger partial charge in [0.05, 0.1) is 18.6 Å². The molecule has 0 saturated carbocycles. The first kappa shape index (κ1) is 18.3. The summed E-state index contributed by atoms with van der Waals surface area (Å²) in [6, 6.07) is 3.77. The number of hydrogen-bond acceptors (Lipinski definition) is 5. The second-order valence-corrected chi connectivity index (χ2v) is 7.85. The van der Waals surface area contributed by atoms with Crippen molar-refractivity contribution in [3.63, 3.8) is 0 Å². The van der Waals surface area contributed by atoms with Gasteiger partial charge in [-0.05, 0) is 50.9 Å². The predicted molar refractivity (Wildman–Crippen MR) is 102 cm³/mol. The molecule has 0 spiro atoms. The summed E-state index contributed by atoms with van der Waals surface area (Å²) in [4.78, 5) is 24.8. The van der Waals surface area contributed by atoms with Crippen LogP contribution in [0.2, 0.25) is 0 Å². The maximum Gasteiger partial charge on any atom is 0.245 e. The van der Waals surface area contributed by atoms with Gasteiger partial charge in [0, 0.05) is 32.3 Å². The molecular weight excluding hydrogens is 342 g/mol. The molecule has 1 fully saturated rings. The standard InChI is InChI=1S/C20H29N5O2/c1-14-3-4-16(27-14)12-25-9-6-15(7-10-25)11-24(2)20(26)19-18-17(5-8-21-19)22-13-23-18/h3-4,13,15,19,21H,5-12H2,1-2H3,(H,22,23). The Morgan fingerprint density at radius 2 is 2.19 bits per heavy atom. The third-order valence-corrected chi connectivity index (χ3v) is 5.79. The van der Waals surface area contributed by atoms with Gasteiger partial charge >= 0.3 is 0 Å². The van der Waals surface area contributed by atoms with Crippen LogP contribution in [0.25, 0.3) is 0 Å². The zero-order valence-corrected chi connectivity index (χ0v) is 16.2. The number of furan rings is 1. The van der Waals surface area contributed by atoms with Crippen LogP contribution in [0, 0.1) is 12.8 Å². The summed E-state index contributed by atoms with van der Waals surface area (Å²) in [6.07, 6.45) is 4.82. The summed E-state index contributed by atoms with van der Waals surface area (Å²) in [5.74, 6) is 2.68. The minimum absolute atomic E-state index is 0.122. The minimum Gasteiger partial charge on any atom is -0.465 e. The van der Waals surface area contributed by atoms with E-state index in [0.29, 0.717) is 5.92 Å². The molecule has 2 aromatic heterocycles. The molecule has 4 rings (SSSR count). The SMILES string of the molecule is Cc1ccc(CN2CCC(CN(C)C(=O)C3NCCc4[nH]cnc43)CC2)o1. The molecule has 1 atom stereocenters. The van der Waals surface area contributed by atoms with Crippen molar-refractivity contribution in [1.82, 2.24) is 25.1 Å². The van der Waals surface area contributed by atoms with Crippen LogP contribution in [0.1, 0.15) is 41.8 Å². The lowest BCUT2D eigenvalue weighted by Gasteiger charge is -2.34. The number of aryl methyl sites for hydroxylation is 1. The average Bonchev–Trinajstić information content (AvgIpc) is 3.31. The molecule has 7 heteroatoms. The van der Waals surface area contributed by atoms with Crippen LogP contribution in [-0.2, 0) is 17.8 Å². The maximum absolute atomic E-state index is 12.9. The molecule has 0 radical (unpaired) electrons. The van der Waals surface area contributed by atoms with Gasteiger partial charge in [-0.1, -0.05) is 0 Å². The van der Waals surface area contributed by atoms with E-state index in [1.165, 1.54) is 0 Å². The molecule has 0 aromatic carbocycles. The van der Waals surface area contributed by atoms with Crippen LogP contribution >= 0.6 is 0 Å². The van der Waals surface area contributed by atoms with E-state index < -0.39 is 0 Å². The Hall–Kier alpha value is -2.12. The number of aromatic amines is 1. The van der Waals surface area contributed by atoms with Gasteiger partial charge in [-0.2, -0.15) is 0 Å². The van der Waals surface area contributed by atoms with E-state index in [9.17, 15) is 4.79 Å². The lowest BCUT2D eigenvalue weighted by Crippen LogP contribution is -2.45. The molecule has 0 aliphatic carbocycles. The number of imidazole rings is 1. The number of piperidine rings is 1. The summed E-state index contributed by atoms with van der Waals surface area (Å²) < 4.78 is 5.69. The van der Waals surface area contributed by atoms with E-state index in [-0.39, 0.29) is 11.9 Å². The van der Waals surface area contributed by atoms with Crippen molar-refractivity contribution in [3.05, 3.63) is 41.4 Å². The average molecular weight is 371 g/mol. The zero-order valence-electron chi connectivity index (χ0n) is 16.2. The number of fused-ring (bicyclic) bond motifs is 1. The fourth-order valence-corrected chi connectivity index (χ4v) is 4.24. The highest BCUT2D eigenvalue weighted by molar-refractivity contribution is 5.83. The van der Waals surface area contributed by atoms with Crippen LogP contribution < -0.4 is 5.32 Å². The Bertz CT molecular complexity index is 775. The number of nitrogens with one attached hydrogen (secondary N) is 2. The summed E-state index contributed by atoms with van der Waals surface area (Å²) in [5.41, 5.74) is 1.95. The number of carbonyl (C=O) groups is 1. The zero-order chi connectivity index (χ0) is 18.8. The van der Waals surface area contributed by atoms with Crippen LogP contribution in [0.4, 0.5) is 0 Å². The molecule has 1 amide bonds. The van der Waals surface area contributed by atoms with Crippen molar-refractivity contribution in [2.75, 3.05) is 33.2 Å². The van der Waals surface area contributed by atoms with Gasteiger partial charge < -0.3 is 19.6 Å². The van der Waals surface area contributed by atoms with Crippen molar-refractivity contribution in [2.45, 2.75) is 38.8 Å². The van der Waals surface area contributed by atoms with E-state index in [2.05, 4.69) is 26.3 Å². The Kier molecular flexibility index (Phi) is 5.31. The van der Waals surface area contributed by atoms with E-state index in [4.69, 9.17) is 4.42 Å². The van der Waals surface area contributed by atoms with E-state index in [1.54, 1.807) is 6.33 Å². The number of carbonyl (C=O) groups excluding carboxylic acids is 1. The highest BCUT2D eigenvalue weighted by Crippen LogP contribution is 2.24. The van der Waals surface area contributed by atoms with Crippen LogP contribution in [0.5, 0.6) is 0 Å². The number of hydrogen-bond donors (Lipinski definition) is 2. The third kappa shape index (κ3) is 4.09.